The maximum absolute atomic E-state index is 12.0. The van der Waals surface area contributed by atoms with Crippen LogP contribution in [0.2, 0.25) is 0 Å². The Bertz CT molecular complexity index is 1390. The van der Waals surface area contributed by atoms with Gasteiger partial charge in [0.05, 0.1) is 4.90 Å². The summed E-state index contributed by atoms with van der Waals surface area (Å²) in [6.07, 6.45) is 0. The summed E-state index contributed by atoms with van der Waals surface area (Å²) in [5.74, 6) is -0.149. The number of hydrogen-bond acceptors (Lipinski definition) is 9. The lowest BCUT2D eigenvalue weighted by Gasteiger charge is -2.11. The van der Waals surface area contributed by atoms with Crippen molar-refractivity contribution in [1.29, 1.82) is 0 Å². The lowest BCUT2D eigenvalue weighted by Crippen LogP contribution is -2.00. The molecule has 3 aromatic rings. The van der Waals surface area contributed by atoms with Gasteiger partial charge in [-0.05, 0) is 29.5 Å². The summed E-state index contributed by atoms with van der Waals surface area (Å²) in [4.78, 5) is 13.3. The molecule has 152 valence electrons. The average Bonchev–Trinajstić information content (AvgIpc) is 3.07. The standard InChI is InChI=1S/C14H11N5O8S2/c1-28(23,24)9-4-6-2-3-7(29(25,26)27)5-8(6)10(11(9)20)16-18-14-15-12(13(21)22)17-19-14/h2-5,20H,1H2,(H,21,22)(H,23,24)(H,15,17,19)(H,25,26,27). The molecule has 3 rings (SSSR count). The van der Waals surface area contributed by atoms with Gasteiger partial charge in [0.25, 0.3) is 16.1 Å². The van der Waals surface area contributed by atoms with E-state index in [9.17, 15) is 31.6 Å². The van der Waals surface area contributed by atoms with Gasteiger partial charge in [0.15, 0.2) is 5.75 Å². The minimum Gasteiger partial charge on any atom is -0.504 e. The van der Waals surface area contributed by atoms with Crippen LogP contribution in [0.15, 0.2) is 44.3 Å². The summed E-state index contributed by atoms with van der Waals surface area (Å²) in [5, 5.41) is 32.1. The summed E-state index contributed by atoms with van der Waals surface area (Å²) >= 11 is 0. The first-order valence-electron chi connectivity index (χ1n) is 7.32. The highest BCUT2D eigenvalue weighted by atomic mass is 32.2. The molecule has 0 radical (unpaired) electrons. The number of carboxylic acid groups (broad SMARTS) is 1. The smallest absolute Gasteiger partial charge is 0.373 e. The zero-order valence-corrected chi connectivity index (χ0v) is 15.7. The van der Waals surface area contributed by atoms with Crippen LogP contribution in [0.3, 0.4) is 0 Å². The average molecular weight is 441 g/mol. The molecule has 0 saturated carbocycles. The lowest BCUT2D eigenvalue weighted by atomic mass is 10.1. The number of phenols is 1. The van der Waals surface area contributed by atoms with Crippen molar-refractivity contribution in [2.24, 2.45) is 10.2 Å². The third-order valence-corrected chi connectivity index (χ3v) is 5.43. The number of phenolic OH excluding ortho intramolecular Hbond substituents is 1. The molecule has 0 amide bonds. The Morgan fingerprint density at radius 1 is 1.14 bits per heavy atom. The molecule has 0 aliphatic carbocycles. The van der Waals surface area contributed by atoms with E-state index < -0.39 is 58.9 Å². The van der Waals surface area contributed by atoms with Crippen molar-refractivity contribution in [2.75, 3.05) is 0 Å². The number of fused-ring (bicyclic) bond motifs is 1. The number of aromatic hydroxyl groups is 1. The van der Waals surface area contributed by atoms with Crippen molar-refractivity contribution in [3.05, 3.63) is 30.1 Å². The van der Waals surface area contributed by atoms with Gasteiger partial charge in [-0.3, -0.25) is 9.65 Å². The van der Waals surface area contributed by atoms with Crippen LogP contribution in [0, 0.1) is 0 Å². The number of aromatic amines is 1. The number of aromatic carboxylic acids is 1. The molecule has 1 heterocycles. The largest absolute Gasteiger partial charge is 0.504 e. The van der Waals surface area contributed by atoms with E-state index in [-0.39, 0.29) is 10.8 Å². The number of H-pyrrole nitrogens is 1. The molecule has 1 aromatic heterocycles. The minimum atomic E-state index is -4.60. The number of nitrogens with zero attached hydrogens (tertiary/aromatic N) is 4. The van der Waals surface area contributed by atoms with Crippen LogP contribution >= 0.6 is 0 Å². The van der Waals surface area contributed by atoms with E-state index in [0.717, 1.165) is 18.2 Å². The highest BCUT2D eigenvalue weighted by Crippen LogP contribution is 2.41. The van der Waals surface area contributed by atoms with Gasteiger partial charge in [0.2, 0.25) is 5.82 Å². The Morgan fingerprint density at radius 3 is 2.38 bits per heavy atom. The first-order valence-corrected chi connectivity index (χ1v) is 10.4. The van der Waals surface area contributed by atoms with Crippen molar-refractivity contribution in [3.8, 4) is 5.75 Å². The van der Waals surface area contributed by atoms with E-state index in [1.165, 1.54) is 6.07 Å². The summed E-state index contributed by atoms with van der Waals surface area (Å²) in [6, 6.07) is 4.31. The Morgan fingerprint density at radius 2 is 1.83 bits per heavy atom. The monoisotopic (exact) mass is 441 g/mol. The number of hydrogen-bond donors (Lipinski definition) is 5. The third kappa shape index (κ3) is 4.06. The van der Waals surface area contributed by atoms with Crippen molar-refractivity contribution >= 4 is 54.2 Å². The van der Waals surface area contributed by atoms with Crippen LogP contribution in [0.25, 0.3) is 10.8 Å². The van der Waals surface area contributed by atoms with Gasteiger partial charge >= 0.3 is 5.97 Å². The van der Waals surface area contributed by atoms with Crippen LogP contribution in [0.1, 0.15) is 10.6 Å². The zero-order chi connectivity index (χ0) is 21.6. The van der Waals surface area contributed by atoms with Crippen LogP contribution in [-0.4, -0.2) is 59.0 Å². The van der Waals surface area contributed by atoms with E-state index in [1.807, 2.05) is 0 Å². The Labute approximate surface area is 162 Å². The molecule has 1 atom stereocenters. The first-order chi connectivity index (χ1) is 13.4. The third-order valence-electron chi connectivity index (χ3n) is 3.58. The fraction of sp³-hybridized carbons (Fsp3) is 0. The van der Waals surface area contributed by atoms with Crippen LogP contribution in [0.5, 0.6) is 5.75 Å². The number of rotatable bonds is 5. The second-order valence-corrected chi connectivity index (χ2v) is 8.70. The van der Waals surface area contributed by atoms with Crippen LogP contribution < -0.4 is 0 Å². The molecule has 0 aliphatic rings. The quantitative estimate of drug-likeness (QED) is 0.219. The Balaban J connectivity index is 2.29. The van der Waals surface area contributed by atoms with Gasteiger partial charge in [-0.1, -0.05) is 6.07 Å². The van der Waals surface area contributed by atoms with Gasteiger partial charge < -0.3 is 14.8 Å². The Hall–Kier alpha value is -3.40. The second kappa shape index (κ2) is 6.89. The molecule has 15 heteroatoms. The fourth-order valence-electron chi connectivity index (χ4n) is 2.31. The van der Waals surface area contributed by atoms with Crippen LogP contribution in [-0.2, 0) is 19.9 Å². The van der Waals surface area contributed by atoms with Crippen molar-refractivity contribution in [3.63, 3.8) is 0 Å². The van der Waals surface area contributed by atoms with Gasteiger partial charge in [-0.15, -0.1) is 15.3 Å². The molecule has 0 bridgehead atoms. The molecule has 0 spiro atoms. The topological polar surface area (TPSA) is 215 Å². The molecular weight excluding hydrogens is 430 g/mol. The number of carboxylic acids is 1. The molecule has 0 saturated heterocycles. The highest BCUT2D eigenvalue weighted by Gasteiger charge is 2.20. The van der Waals surface area contributed by atoms with Gasteiger partial charge in [-0.25, -0.2) is 9.00 Å². The maximum atomic E-state index is 12.0. The maximum Gasteiger partial charge on any atom is 0.373 e. The Kier molecular flexibility index (Phi) is 4.83. The van der Waals surface area contributed by atoms with Gasteiger partial charge in [0.1, 0.15) is 20.4 Å². The number of aromatic nitrogens is 3. The van der Waals surface area contributed by atoms with E-state index in [1.54, 1.807) is 0 Å². The predicted octanol–water partition coefficient (Wildman–Crippen LogP) is 1.57. The summed E-state index contributed by atoms with van der Waals surface area (Å²) in [6.45, 7) is 0. The zero-order valence-electron chi connectivity index (χ0n) is 14.0. The summed E-state index contributed by atoms with van der Waals surface area (Å²) < 4.78 is 53.8. The fourth-order valence-corrected chi connectivity index (χ4v) is 3.53. The molecule has 2 aromatic carbocycles. The number of azo groups is 1. The van der Waals surface area contributed by atoms with Crippen LogP contribution in [0.4, 0.5) is 11.6 Å². The van der Waals surface area contributed by atoms with E-state index in [0.29, 0.717) is 0 Å². The first kappa shape index (κ1) is 20.3. The number of carbonyl (C=O) groups is 1. The van der Waals surface area contributed by atoms with E-state index >= 15 is 0 Å². The van der Waals surface area contributed by atoms with Gasteiger partial charge in [-0.2, -0.15) is 13.4 Å². The second-order valence-electron chi connectivity index (χ2n) is 5.56. The molecule has 13 nitrogen and oxygen atoms in total. The van der Waals surface area contributed by atoms with Crippen molar-refractivity contribution in [1.82, 2.24) is 15.2 Å². The lowest BCUT2D eigenvalue weighted by molar-refractivity contribution is 0.0684. The predicted molar refractivity (Wildman–Crippen MR) is 99.1 cm³/mol. The van der Waals surface area contributed by atoms with Crippen molar-refractivity contribution in [2.45, 2.75) is 9.79 Å². The minimum absolute atomic E-state index is 0.0530. The molecular formula is C14H11N5O8S2. The van der Waals surface area contributed by atoms with Crippen molar-refractivity contribution < 1.29 is 36.7 Å². The molecule has 0 fully saturated rings. The molecule has 0 aliphatic heterocycles. The summed E-state index contributed by atoms with van der Waals surface area (Å²) in [7, 11) is -8.51. The molecule has 29 heavy (non-hydrogen) atoms. The number of benzene rings is 2. The normalized spacial score (nSPS) is 14.3. The highest BCUT2D eigenvalue weighted by molar-refractivity contribution is 7.95. The molecule has 5 N–H and O–H groups in total. The van der Waals surface area contributed by atoms with Gasteiger partial charge in [0, 0.05) is 5.39 Å². The SMILES string of the molecule is C=S(=O)(O)c1cc2ccc(S(=O)(=O)O)cc2c(N=Nc2n[nH]c(C(=O)O)n2)c1O. The van der Waals surface area contributed by atoms with E-state index in [2.05, 4.69) is 31.3 Å². The molecule has 1 unspecified atom stereocenters. The van der Waals surface area contributed by atoms with E-state index in [4.69, 9.17) is 5.11 Å². The number of nitrogens with one attached hydrogen (secondary N) is 1. The summed E-state index contributed by atoms with van der Waals surface area (Å²) in [5.41, 5.74) is -0.449.